The van der Waals surface area contributed by atoms with E-state index in [0.29, 0.717) is 5.88 Å². The van der Waals surface area contributed by atoms with Crippen LogP contribution in [0.5, 0.6) is 11.6 Å². The van der Waals surface area contributed by atoms with E-state index in [2.05, 4.69) is 28.6 Å². The van der Waals surface area contributed by atoms with Gasteiger partial charge in [0.25, 0.3) is 0 Å². The third-order valence-electron chi connectivity index (χ3n) is 6.05. The number of hydrogen-bond acceptors (Lipinski definition) is 5. The van der Waals surface area contributed by atoms with Crippen LogP contribution in [0.25, 0.3) is 10.1 Å². The second-order valence-electron chi connectivity index (χ2n) is 9.66. The van der Waals surface area contributed by atoms with Crippen molar-refractivity contribution in [3.05, 3.63) is 64.9 Å². The van der Waals surface area contributed by atoms with E-state index in [0.717, 1.165) is 29.5 Å². The minimum absolute atomic E-state index is 0. The fourth-order valence-electron chi connectivity index (χ4n) is 2.79. The Labute approximate surface area is 221 Å². The summed E-state index contributed by atoms with van der Waals surface area (Å²) >= 11 is 1.69. The fraction of sp³-hybridized carbons (Fsp3) is 0.429. The maximum absolute atomic E-state index is 11.8. The number of aliphatic hydroxyl groups excluding tert-OH is 1. The Morgan fingerprint density at radius 2 is 1.76 bits per heavy atom. The SMILES string of the molecule is CCC(C)(C)C(=O)/C=C(\O)C(C)(C)CC.Cc1[c-]c(Oc2cc3sccc3cn2)cc(C)c1.[Ir]. The molecule has 0 aliphatic heterocycles. The third-order valence-corrected chi connectivity index (χ3v) is 6.93. The Kier molecular flexibility index (Phi) is 11.1. The van der Waals surface area contributed by atoms with Gasteiger partial charge in [0, 0.05) is 65.1 Å². The Bertz CT molecular complexity index is 1110. The van der Waals surface area contributed by atoms with Crippen molar-refractivity contribution >= 4 is 27.2 Å². The second kappa shape index (κ2) is 12.6. The number of ether oxygens (including phenoxy) is 1. The molecule has 0 aliphatic rings. The van der Waals surface area contributed by atoms with Crippen LogP contribution in [-0.2, 0) is 24.9 Å². The molecular formula is C28H36IrNO3S-. The zero-order valence-corrected chi connectivity index (χ0v) is 24.6. The molecule has 6 heteroatoms. The van der Waals surface area contributed by atoms with Crippen molar-refractivity contribution in [1.29, 1.82) is 0 Å². The van der Waals surface area contributed by atoms with Gasteiger partial charge < -0.3 is 9.84 Å². The molecule has 0 saturated carbocycles. The number of rotatable bonds is 7. The first-order valence-corrected chi connectivity index (χ1v) is 12.2. The number of nitrogens with zero attached hydrogens (tertiary/aromatic N) is 1. The van der Waals surface area contributed by atoms with Crippen molar-refractivity contribution in [2.75, 3.05) is 0 Å². The van der Waals surface area contributed by atoms with E-state index in [4.69, 9.17) is 4.74 Å². The number of hydrogen-bond donors (Lipinski definition) is 1. The minimum Gasteiger partial charge on any atom is -0.512 e. The van der Waals surface area contributed by atoms with Crippen molar-refractivity contribution in [2.45, 2.75) is 68.2 Å². The molecule has 0 fully saturated rings. The number of carbonyl (C=O) groups excluding carboxylic acids is 1. The molecule has 0 bridgehead atoms. The quantitative estimate of drug-likeness (QED) is 0.158. The Morgan fingerprint density at radius 3 is 2.35 bits per heavy atom. The molecule has 187 valence electrons. The molecule has 1 aromatic carbocycles. The summed E-state index contributed by atoms with van der Waals surface area (Å²) in [6.45, 7) is 15.7. The van der Waals surface area contributed by atoms with E-state index in [1.165, 1.54) is 16.3 Å². The number of aromatic nitrogens is 1. The largest absolute Gasteiger partial charge is 0.512 e. The fourth-order valence-corrected chi connectivity index (χ4v) is 3.57. The molecule has 1 radical (unpaired) electrons. The first kappa shape index (κ1) is 30.0. The predicted molar refractivity (Wildman–Crippen MR) is 138 cm³/mol. The summed E-state index contributed by atoms with van der Waals surface area (Å²) in [6.07, 6.45) is 4.83. The van der Waals surface area contributed by atoms with Gasteiger partial charge in [-0.2, -0.15) is 17.2 Å². The van der Waals surface area contributed by atoms with Crippen molar-refractivity contribution in [2.24, 2.45) is 10.8 Å². The maximum atomic E-state index is 11.8. The zero-order chi connectivity index (χ0) is 24.8. The van der Waals surface area contributed by atoms with Gasteiger partial charge in [0.05, 0.1) is 0 Å². The number of allylic oxidation sites excluding steroid dienone is 2. The molecule has 1 N–H and O–H groups in total. The average Bonchev–Trinajstić information content (AvgIpc) is 3.21. The van der Waals surface area contributed by atoms with Gasteiger partial charge in [-0.1, -0.05) is 55.4 Å². The van der Waals surface area contributed by atoms with Crippen LogP contribution in [0.4, 0.5) is 0 Å². The normalized spacial score (nSPS) is 11.9. The second-order valence-corrected chi connectivity index (χ2v) is 10.6. The molecule has 34 heavy (non-hydrogen) atoms. The van der Waals surface area contributed by atoms with Crippen LogP contribution in [0, 0.1) is 30.7 Å². The standard InChI is InChI=1S/C15H12NOS.C13H24O2.Ir/c1-10-5-11(2)7-13(6-10)17-15-8-14-12(9-16-15)3-4-18-14;1-7-12(3,4)10(14)9-11(15)13(5,6)8-2;/h3-6,8-9H,1-2H3;9,14H,7-8H2,1-6H3;/q-1;;/b;10-9-;. The number of aliphatic hydroxyl groups is 1. The van der Waals surface area contributed by atoms with Crippen molar-refractivity contribution < 1.29 is 34.7 Å². The first-order valence-electron chi connectivity index (χ1n) is 11.3. The number of ketones is 1. The van der Waals surface area contributed by atoms with Crippen LogP contribution in [0.3, 0.4) is 0 Å². The smallest absolute Gasteiger partial charge is 0.218 e. The molecule has 0 aliphatic carbocycles. The van der Waals surface area contributed by atoms with Crippen LogP contribution < -0.4 is 4.74 Å². The van der Waals surface area contributed by atoms with E-state index in [1.54, 1.807) is 11.3 Å². The van der Waals surface area contributed by atoms with E-state index in [1.807, 2.05) is 73.7 Å². The Hall–Kier alpha value is -2.01. The summed E-state index contributed by atoms with van der Waals surface area (Å²) in [5, 5.41) is 13.1. The maximum Gasteiger partial charge on any atom is 0.218 e. The van der Waals surface area contributed by atoms with Crippen LogP contribution in [0.1, 0.15) is 65.5 Å². The summed E-state index contributed by atoms with van der Waals surface area (Å²) in [7, 11) is 0. The molecule has 2 aromatic heterocycles. The molecule has 3 aromatic rings. The van der Waals surface area contributed by atoms with Crippen LogP contribution in [0.2, 0.25) is 0 Å². The summed E-state index contributed by atoms with van der Waals surface area (Å²) in [5.41, 5.74) is 1.55. The van der Waals surface area contributed by atoms with Crippen LogP contribution in [0.15, 0.2) is 47.7 Å². The molecule has 4 nitrogen and oxygen atoms in total. The molecule has 0 saturated heterocycles. The summed E-state index contributed by atoms with van der Waals surface area (Å²) < 4.78 is 6.94. The van der Waals surface area contributed by atoms with Gasteiger partial charge in [0.15, 0.2) is 5.78 Å². The van der Waals surface area contributed by atoms with Crippen molar-refractivity contribution in [3.8, 4) is 11.6 Å². The zero-order valence-electron chi connectivity index (χ0n) is 21.4. The minimum atomic E-state index is -0.377. The molecule has 0 amide bonds. The number of fused-ring (bicyclic) bond motifs is 1. The van der Waals surface area contributed by atoms with E-state index < -0.39 is 0 Å². The third kappa shape index (κ3) is 8.33. The van der Waals surface area contributed by atoms with Gasteiger partial charge in [-0.25, -0.2) is 4.98 Å². The molecule has 0 atom stereocenters. The van der Waals surface area contributed by atoms with Gasteiger partial charge in [-0.15, -0.1) is 23.5 Å². The number of carbonyl (C=O) groups is 1. The van der Waals surface area contributed by atoms with Crippen molar-refractivity contribution in [1.82, 2.24) is 4.98 Å². The monoisotopic (exact) mass is 659 g/mol. The summed E-state index contributed by atoms with van der Waals surface area (Å²) in [4.78, 5) is 16.1. The number of pyridine rings is 1. The van der Waals surface area contributed by atoms with Crippen LogP contribution in [-0.4, -0.2) is 15.9 Å². The molecule has 3 rings (SSSR count). The van der Waals surface area contributed by atoms with E-state index in [9.17, 15) is 9.90 Å². The van der Waals surface area contributed by atoms with Crippen molar-refractivity contribution in [3.63, 3.8) is 0 Å². The number of benzene rings is 1. The summed E-state index contributed by atoms with van der Waals surface area (Å²) in [6, 6.07) is 11.2. The number of aryl methyl sites for hydroxylation is 2. The van der Waals surface area contributed by atoms with E-state index >= 15 is 0 Å². The summed E-state index contributed by atoms with van der Waals surface area (Å²) in [5.74, 6) is 1.53. The predicted octanol–water partition coefficient (Wildman–Crippen LogP) is 8.37. The van der Waals surface area contributed by atoms with E-state index in [-0.39, 0.29) is 42.5 Å². The molecular weight excluding hydrogens is 623 g/mol. The van der Waals surface area contributed by atoms with Gasteiger partial charge in [-0.05, 0) is 24.3 Å². The van der Waals surface area contributed by atoms with Gasteiger partial charge in [0.2, 0.25) is 5.88 Å². The first-order chi connectivity index (χ1) is 15.4. The Morgan fingerprint density at radius 1 is 1.12 bits per heavy atom. The molecule has 2 heterocycles. The Balaban J connectivity index is 0.000000338. The molecule has 0 spiro atoms. The van der Waals surface area contributed by atoms with Gasteiger partial charge in [0.1, 0.15) is 5.76 Å². The topological polar surface area (TPSA) is 59.4 Å². The van der Waals surface area contributed by atoms with Gasteiger partial charge >= 0.3 is 0 Å². The van der Waals surface area contributed by atoms with Gasteiger partial charge in [-0.3, -0.25) is 4.79 Å². The van der Waals surface area contributed by atoms with Crippen LogP contribution >= 0.6 is 11.3 Å². The number of thiophene rings is 1. The molecule has 0 unspecified atom stereocenters. The average molecular weight is 659 g/mol.